The van der Waals surface area contributed by atoms with E-state index in [2.05, 4.69) is 30.9 Å². The van der Waals surface area contributed by atoms with Gasteiger partial charge in [0.15, 0.2) is 0 Å². The summed E-state index contributed by atoms with van der Waals surface area (Å²) in [7, 11) is -3.61. The van der Waals surface area contributed by atoms with Crippen molar-refractivity contribution in [1.29, 1.82) is 0 Å². The van der Waals surface area contributed by atoms with Crippen molar-refractivity contribution in [1.82, 2.24) is 24.6 Å². The Labute approximate surface area is 226 Å². The molecule has 4 aromatic rings. The Kier molecular flexibility index (Phi) is 7.96. The molecule has 0 unspecified atom stereocenters. The smallest absolute Gasteiger partial charge is 0.243 e. The monoisotopic (exact) mass is 548 g/mol. The molecule has 0 amide bonds. The van der Waals surface area contributed by atoms with E-state index in [0.29, 0.717) is 61.3 Å². The Bertz CT molecular complexity index is 1510. The molecule has 202 valence electrons. The third kappa shape index (κ3) is 6.66. The van der Waals surface area contributed by atoms with Crippen molar-refractivity contribution < 1.29 is 12.8 Å². The third-order valence-corrected chi connectivity index (χ3v) is 8.41. The largest absolute Gasteiger partial charge is 0.398 e. The molecule has 12 heteroatoms. The van der Waals surface area contributed by atoms with Gasteiger partial charge in [0.1, 0.15) is 11.6 Å². The van der Waals surface area contributed by atoms with Crippen LogP contribution in [0.3, 0.4) is 0 Å². The number of aromatic nitrogens is 3. The Morgan fingerprint density at radius 3 is 2.33 bits per heavy atom. The fraction of sp³-hybridized carbons (Fsp3) is 0.222. The van der Waals surface area contributed by atoms with Gasteiger partial charge in [0.2, 0.25) is 16.0 Å². The zero-order valence-corrected chi connectivity index (χ0v) is 21.9. The van der Waals surface area contributed by atoms with Gasteiger partial charge in [0.05, 0.1) is 4.90 Å². The van der Waals surface area contributed by atoms with Gasteiger partial charge in [-0.3, -0.25) is 4.98 Å². The number of nitrogens with zero attached hydrogens (tertiary/aromatic N) is 4. The van der Waals surface area contributed by atoms with Crippen LogP contribution in [0.2, 0.25) is 0 Å². The second-order valence-corrected chi connectivity index (χ2v) is 11.1. The Hall–Kier alpha value is -4.13. The first-order valence-corrected chi connectivity index (χ1v) is 14.0. The van der Waals surface area contributed by atoms with Gasteiger partial charge in [0, 0.05) is 66.9 Å². The normalized spacial score (nSPS) is 14.7. The molecule has 0 atom stereocenters. The number of benzene rings is 2. The summed E-state index contributed by atoms with van der Waals surface area (Å²) in [5.41, 5.74) is 8.94. The van der Waals surface area contributed by atoms with Crippen LogP contribution in [0.25, 0.3) is 0 Å². The van der Waals surface area contributed by atoms with E-state index in [4.69, 9.17) is 5.73 Å². The first-order valence-electron chi connectivity index (χ1n) is 12.5. The Morgan fingerprint density at radius 1 is 0.923 bits per heavy atom. The molecular weight excluding hydrogens is 519 g/mol. The van der Waals surface area contributed by atoms with Crippen molar-refractivity contribution in [3.8, 4) is 0 Å². The second-order valence-electron chi connectivity index (χ2n) is 9.18. The number of hydrogen-bond acceptors (Lipinski definition) is 9. The summed E-state index contributed by atoms with van der Waals surface area (Å²) < 4.78 is 41.1. The molecule has 2 aromatic carbocycles. The number of anilines is 5. The van der Waals surface area contributed by atoms with Crippen LogP contribution in [0, 0.1) is 5.82 Å². The number of pyridine rings is 1. The number of piperidine rings is 1. The average Bonchev–Trinajstić information content (AvgIpc) is 2.95. The van der Waals surface area contributed by atoms with Gasteiger partial charge in [0.25, 0.3) is 0 Å². The maximum absolute atomic E-state index is 13.2. The van der Waals surface area contributed by atoms with Crippen molar-refractivity contribution >= 4 is 38.9 Å². The SMILES string of the molecule is Nc1ccncc1CNC1CCN(S(=O)(=O)c2ccc(Nc3nccc(Nc4ccc(F)cc4)n3)cc2)CC1. The fourth-order valence-electron chi connectivity index (χ4n) is 4.30. The molecule has 0 saturated carbocycles. The molecule has 39 heavy (non-hydrogen) atoms. The Morgan fingerprint density at radius 2 is 1.62 bits per heavy atom. The van der Waals surface area contributed by atoms with E-state index >= 15 is 0 Å². The predicted molar refractivity (Wildman–Crippen MR) is 149 cm³/mol. The van der Waals surface area contributed by atoms with Crippen molar-refractivity contribution in [2.75, 3.05) is 29.5 Å². The fourth-order valence-corrected chi connectivity index (χ4v) is 5.77. The zero-order chi connectivity index (χ0) is 27.2. The molecule has 0 spiro atoms. The number of sulfonamides is 1. The molecule has 5 rings (SSSR count). The number of hydrogen-bond donors (Lipinski definition) is 4. The average molecular weight is 549 g/mol. The van der Waals surface area contributed by atoms with Gasteiger partial charge >= 0.3 is 0 Å². The van der Waals surface area contributed by atoms with Crippen molar-refractivity contribution in [2.24, 2.45) is 0 Å². The molecule has 0 bridgehead atoms. The molecule has 5 N–H and O–H groups in total. The lowest BCUT2D eigenvalue weighted by molar-refractivity contribution is 0.288. The number of halogens is 1. The molecule has 1 aliphatic rings. The van der Waals surface area contributed by atoms with E-state index in [0.717, 1.165) is 5.56 Å². The number of nitrogens with one attached hydrogen (secondary N) is 3. The molecule has 0 radical (unpaired) electrons. The van der Waals surface area contributed by atoms with Gasteiger partial charge < -0.3 is 21.7 Å². The maximum atomic E-state index is 13.2. The van der Waals surface area contributed by atoms with Gasteiger partial charge in [-0.25, -0.2) is 17.8 Å². The minimum absolute atomic E-state index is 0.205. The van der Waals surface area contributed by atoms with Crippen LogP contribution in [0.15, 0.2) is 84.1 Å². The molecule has 1 aliphatic heterocycles. The second kappa shape index (κ2) is 11.7. The highest BCUT2D eigenvalue weighted by Crippen LogP contribution is 2.24. The van der Waals surface area contributed by atoms with Crippen molar-refractivity contribution in [2.45, 2.75) is 30.3 Å². The minimum atomic E-state index is -3.61. The van der Waals surface area contributed by atoms with E-state index in [1.54, 1.807) is 67.1 Å². The van der Waals surface area contributed by atoms with Crippen LogP contribution in [0.5, 0.6) is 0 Å². The van der Waals surface area contributed by atoms with Crippen molar-refractivity contribution in [3.05, 3.63) is 90.6 Å². The summed E-state index contributed by atoms with van der Waals surface area (Å²) in [5.74, 6) is 0.542. The van der Waals surface area contributed by atoms with E-state index in [1.807, 2.05) is 0 Å². The molecule has 1 saturated heterocycles. The van der Waals surface area contributed by atoms with E-state index in [9.17, 15) is 12.8 Å². The molecule has 10 nitrogen and oxygen atoms in total. The molecule has 0 aliphatic carbocycles. The van der Waals surface area contributed by atoms with Gasteiger partial charge in [-0.05, 0) is 73.5 Å². The van der Waals surface area contributed by atoms with E-state index < -0.39 is 10.0 Å². The van der Waals surface area contributed by atoms with E-state index in [1.165, 1.54) is 16.4 Å². The van der Waals surface area contributed by atoms with Gasteiger partial charge in [-0.1, -0.05) is 0 Å². The summed E-state index contributed by atoms with van der Waals surface area (Å²) >= 11 is 0. The lowest BCUT2D eigenvalue weighted by Gasteiger charge is -2.31. The lowest BCUT2D eigenvalue weighted by atomic mass is 10.1. The predicted octanol–water partition coefficient (Wildman–Crippen LogP) is 4.02. The molecular formula is C27H29FN8O2S. The van der Waals surface area contributed by atoms with Gasteiger partial charge in [-0.2, -0.15) is 9.29 Å². The number of nitrogen functional groups attached to an aromatic ring is 1. The molecule has 1 fully saturated rings. The van der Waals surface area contributed by atoms with Crippen LogP contribution < -0.4 is 21.7 Å². The summed E-state index contributed by atoms with van der Waals surface area (Å²) in [4.78, 5) is 13.0. The Balaban J connectivity index is 1.16. The van der Waals surface area contributed by atoms with Crippen LogP contribution in [-0.4, -0.2) is 46.8 Å². The number of nitrogens with two attached hydrogens (primary N) is 1. The topological polar surface area (TPSA) is 138 Å². The quantitative estimate of drug-likeness (QED) is 0.244. The zero-order valence-electron chi connectivity index (χ0n) is 21.1. The summed E-state index contributed by atoms with van der Waals surface area (Å²) in [6, 6.07) is 16.1. The lowest BCUT2D eigenvalue weighted by Crippen LogP contribution is -2.44. The van der Waals surface area contributed by atoms with E-state index in [-0.39, 0.29) is 16.8 Å². The van der Waals surface area contributed by atoms with Crippen LogP contribution in [-0.2, 0) is 16.6 Å². The summed E-state index contributed by atoms with van der Waals surface area (Å²) in [5, 5.41) is 9.63. The first-order chi connectivity index (χ1) is 18.9. The van der Waals surface area contributed by atoms with Crippen LogP contribution >= 0.6 is 0 Å². The summed E-state index contributed by atoms with van der Waals surface area (Å²) in [6.07, 6.45) is 6.40. The van der Waals surface area contributed by atoms with Gasteiger partial charge in [-0.15, -0.1) is 0 Å². The van der Waals surface area contributed by atoms with Crippen LogP contribution in [0.1, 0.15) is 18.4 Å². The highest BCUT2D eigenvalue weighted by molar-refractivity contribution is 7.89. The first kappa shape index (κ1) is 26.5. The summed E-state index contributed by atoms with van der Waals surface area (Å²) in [6.45, 7) is 1.47. The van der Waals surface area contributed by atoms with Crippen molar-refractivity contribution in [3.63, 3.8) is 0 Å². The standard InChI is InChI=1S/C27H29FN8O2S/c28-20-1-3-22(4-2-20)33-26-10-14-31-27(35-26)34-23-5-7-24(8-6-23)39(37,38)36-15-11-21(12-16-36)32-18-19-17-30-13-9-25(19)29/h1-10,13-14,17,21,32H,11-12,15-16,18H2,(H2,29,30)(H2,31,33,34,35). The molecule has 2 aromatic heterocycles. The number of rotatable bonds is 9. The molecule has 3 heterocycles. The highest BCUT2D eigenvalue weighted by Gasteiger charge is 2.29. The third-order valence-electron chi connectivity index (χ3n) is 6.50. The van der Waals surface area contributed by atoms with Crippen LogP contribution in [0.4, 0.5) is 33.2 Å². The maximum Gasteiger partial charge on any atom is 0.243 e. The minimum Gasteiger partial charge on any atom is -0.398 e. The highest BCUT2D eigenvalue weighted by atomic mass is 32.2.